The van der Waals surface area contributed by atoms with E-state index in [4.69, 9.17) is 4.42 Å². The van der Waals surface area contributed by atoms with Crippen molar-refractivity contribution < 1.29 is 9.21 Å². The number of rotatable bonds is 6. The van der Waals surface area contributed by atoms with E-state index in [1.54, 1.807) is 0 Å². The van der Waals surface area contributed by atoms with Crippen molar-refractivity contribution in [2.24, 2.45) is 5.92 Å². The normalized spacial score (nSPS) is 19.6. The molecule has 4 rings (SSSR count). The molecule has 0 N–H and O–H groups in total. The Hall–Kier alpha value is -2.21. The Morgan fingerprint density at radius 3 is 2.48 bits per heavy atom. The van der Waals surface area contributed by atoms with Gasteiger partial charge in [-0.2, -0.15) is 0 Å². The van der Waals surface area contributed by atoms with Crippen molar-refractivity contribution in [2.75, 3.05) is 26.2 Å². The third-order valence-corrected chi connectivity index (χ3v) is 6.55. The number of amides is 1. The molecule has 156 valence electrons. The zero-order chi connectivity index (χ0) is 20.2. The molecule has 0 bridgehead atoms. The summed E-state index contributed by atoms with van der Waals surface area (Å²) in [5.41, 5.74) is 2.15. The largest absolute Gasteiger partial charge is 0.419 e. The molecule has 1 amide bonds. The molecule has 2 aromatic rings. The van der Waals surface area contributed by atoms with Gasteiger partial charge in [0.1, 0.15) is 0 Å². The van der Waals surface area contributed by atoms with Crippen molar-refractivity contribution >= 4 is 5.91 Å². The van der Waals surface area contributed by atoms with Gasteiger partial charge in [0.15, 0.2) is 0 Å². The van der Waals surface area contributed by atoms with Crippen LogP contribution in [-0.4, -0.2) is 52.1 Å². The first kappa shape index (κ1) is 20.1. The van der Waals surface area contributed by atoms with Crippen molar-refractivity contribution in [1.29, 1.82) is 0 Å². The Morgan fingerprint density at radius 2 is 1.79 bits per heavy atom. The van der Waals surface area contributed by atoms with Crippen LogP contribution in [0.2, 0.25) is 0 Å². The third kappa shape index (κ3) is 4.86. The van der Waals surface area contributed by atoms with Crippen LogP contribution in [0.15, 0.2) is 28.7 Å². The van der Waals surface area contributed by atoms with Gasteiger partial charge in [0.25, 0.3) is 0 Å². The van der Waals surface area contributed by atoms with E-state index in [9.17, 15) is 4.79 Å². The highest BCUT2D eigenvalue weighted by atomic mass is 16.4. The van der Waals surface area contributed by atoms with E-state index in [1.807, 2.05) is 29.2 Å². The van der Waals surface area contributed by atoms with Crippen LogP contribution in [0.5, 0.6) is 0 Å². The first-order valence-corrected chi connectivity index (χ1v) is 11.0. The summed E-state index contributed by atoms with van der Waals surface area (Å²) >= 11 is 0. The quantitative estimate of drug-likeness (QED) is 0.731. The second-order valence-corrected chi connectivity index (χ2v) is 8.59. The predicted molar refractivity (Wildman–Crippen MR) is 112 cm³/mol. The van der Waals surface area contributed by atoms with E-state index < -0.39 is 0 Å². The fraction of sp³-hybridized carbons (Fsp3) is 0.609. The molecule has 6 nitrogen and oxygen atoms in total. The number of benzene rings is 1. The van der Waals surface area contributed by atoms with Gasteiger partial charge in [0, 0.05) is 38.2 Å². The SMILES string of the molecule is Cc1ccc(-c2nnc(C(C)N3CCN(C(=O)CCC4CCCC4)CC3)o2)cc1. The molecule has 1 aliphatic carbocycles. The van der Waals surface area contributed by atoms with Gasteiger partial charge in [0.2, 0.25) is 17.7 Å². The van der Waals surface area contributed by atoms with Crippen molar-refractivity contribution in [3.63, 3.8) is 0 Å². The van der Waals surface area contributed by atoms with Gasteiger partial charge in [-0.1, -0.05) is 43.4 Å². The highest BCUT2D eigenvalue weighted by molar-refractivity contribution is 5.76. The molecule has 1 aromatic heterocycles. The van der Waals surface area contributed by atoms with Crippen LogP contribution >= 0.6 is 0 Å². The van der Waals surface area contributed by atoms with Crippen LogP contribution in [0, 0.1) is 12.8 Å². The van der Waals surface area contributed by atoms with Gasteiger partial charge in [-0.25, -0.2) is 0 Å². The van der Waals surface area contributed by atoms with Crippen LogP contribution < -0.4 is 0 Å². The first-order valence-electron chi connectivity index (χ1n) is 11.0. The highest BCUT2D eigenvalue weighted by Crippen LogP contribution is 2.29. The van der Waals surface area contributed by atoms with E-state index in [1.165, 1.54) is 31.2 Å². The maximum absolute atomic E-state index is 12.6. The fourth-order valence-electron chi connectivity index (χ4n) is 4.52. The predicted octanol–water partition coefficient (Wildman–Crippen LogP) is 4.22. The van der Waals surface area contributed by atoms with Crippen LogP contribution in [0.25, 0.3) is 11.5 Å². The number of carbonyl (C=O) groups is 1. The third-order valence-electron chi connectivity index (χ3n) is 6.55. The highest BCUT2D eigenvalue weighted by Gasteiger charge is 2.28. The minimum atomic E-state index is 0.0532. The molecule has 1 saturated heterocycles. The molecule has 6 heteroatoms. The summed E-state index contributed by atoms with van der Waals surface area (Å²) < 4.78 is 5.95. The number of aryl methyl sites for hydroxylation is 1. The summed E-state index contributed by atoms with van der Waals surface area (Å²) in [7, 11) is 0. The minimum Gasteiger partial charge on any atom is -0.419 e. The molecule has 1 saturated carbocycles. The van der Waals surface area contributed by atoms with Crippen LogP contribution in [0.3, 0.4) is 0 Å². The Kier molecular flexibility index (Phi) is 6.28. The molecule has 2 fully saturated rings. The van der Waals surface area contributed by atoms with Gasteiger partial charge in [-0.15, -0.1) is 10.2 Å². The van der Waals surface area contributed by atoms with Crippen molar-refractivity contribution in [1.82, 2.24) is 20.0 Å². The lowest BCUT2D eigenvalue weighted by atomic mass is 10.0. The number of piperazine rings is 1. The summed E-state index contributed by atoms with van der Waals surface area (Å²) in [6, 6.07) is 8.16. The van der Waals surface area contributed by atoms with Crippen LogP contribution in [0.4, 0.5) is 0 Å². The molecule has 2 heterocycles. The first-order chi connectivity index (χ1) is 14.1. The van der Waals surface area contributed by atoms with Gasteiger partial charge in [0.05, 0.1) is 6.04 Å². The van der Waals surface area contributed by atoms with Crippen molar-refractivity contribution in [2.45, 2.75) is 58.4 Å². The standard InChI is InChI=1S/C23H32N4O2/c1-17-7-10-20(11-8-17)23-25-24-22(29-23)18(2)26-13-15-27(16-14-26)21(28)12-9-19-5-3-4-6-19/h7-8,10-11,18-19H,3-6,9,12-16H2,1-2H3. The van der Waals surface area contributed by atoms with Crippen LogP contribution in [-0.2, 0) is 4.79 Å². The molecule has 1 aromatic carbocycles. The summed E-state index contributed by atoms with van der Waals surface area (Å²) in [5.74, 6) is 2.30. The summed E-state index contributed by atoms with van der Waals surface area (Å²) in [5, 5.41) is 8.51. The minimum absolute atomic E-state index is 0.0532. The lowest BCUT2D eigenvalue weighted by Crippen LogP contribution is -2.49. The van der Waals surface area contributed by atoms with E-state index in [-0.39, 0.29) is 6.04 Å². The van der Waals surface area contributed by atoms with Crippen LogP contribution in [0.1, 0.15) is 62.9 Å². The maximum atomic E-state index is 12.6. The summed E-state index contributed by atoms with van der Waals surface area (Å²) in [4.78, 5) is 16.9. The fourth-order valence-corrected chi connectivity index (χ4v) is 4.52. The number of hydrogen-bond acceptors (Lipinski definition) is 5. The molecule has 1 unspecified atom stereocenters. The Balaban J connectivity index is 1.28. The monoisotopic (exact) mass is 396 g/mol. The molecule has 2 aliphatic rings. The number of carbonyl (C=O) groups excluding carboxylic acids is 1. The molecule has 29 heavy (non-hydrogen) atoms. The lowest BCUT2D eigenvalue weighted by molar-refractivity contribution is -0.133. The maximum Gasteiger partial charge on any atom is 0.247 e. The summed E-state index contributed by atoms with van der Waals surface area (Å²) in [6.07, 6.45) is 7.09. The molecule has 1 aliphatic heterocycles. The number of hydrogen-bond donors (Lipinski definition) is 0. The van der Waals surface area contributed by atoms with Crippen molar-refractivity contribution in [3.8, 4) is 11.5 Å². The Morgan fingerprint density at radius 1 is 1.10 bits per heavy atom. The van der Waals surface area contributed by atoms with Crippen molar-refractivity contribution in [3.05, 3.63) is 35.7 Å². The number of aromatic nitrogens is 2. The van der Waals surface area contributed by atoms with E-state index in [2.05, 4.69) is 28.9 Å². The lowest BCUT2D eigenvalue weighted by Gasteiger charge is -2.37. The zero-order valence-corrected chi connectivity index (χ0v) is 17.6. The van der Waals surface area contributed by atoms with E-state index in [0.717, 1.165) is 44.1 Å². The second-order valence-electron chi connectivity index (χ2n) is 8.59. The average Bonchev–Trinajstić information content (AvgIpc) is 3.44. The number of nitrogens with zero attached hydrogens (tertiary/aromatic N) is 4. The van der Waals surface area contributed by atoms with E-state index >= 15 is 0 Å². The molecule has 0 radical (unpaired) electrons. The second kappa shape index (κ2) is 9.08. The molecule has 1 atom stereocenters. The van der Waals surface area contributed by atoms with Gasteiger partial charge in [-0.3, -0.25) is 9.69 Å². The smallest absolute Gasteiger partial charge is 0.247 e. The van der Waals surface area contributed by atoms with E-state index in [0.29, 0.717) is 24.1 Å². The van der Waals surface area contributed by atoms with Gasteiger partial charge >= 0.3 is 0 Å². The molecular weight excluding hydrogens is 364 g/mol. The summed E-state index contributed by atoms with van der Waals surface area (Å²) in [6.45, 7) is 7.42. The molecule has 0 spiro atoms. The topological polar surface area (TPSA) is 62.5 Å². The Labute approximate surface area is 173 Å². The van der Waals surface area contributed by atoms with Gasteiger partial charge < -0.3 is 9.32 Å². The molecular formula is C23H32N4O2. The van der Waals surface area contributed by atoms with Gasteiger partial charge in [-0.05, 0) is 38.3 Å². The zero-order valence-electron chi connectivity index (χ0n) is 17.6. The Bertz CT molecular complexity index is 803. The average molecular weight is 397 g/mol.